The van der Waals surface area contributed by atoms with E-state index in [1.54, 1.807) is 24.3 Å². The Kier molecular flexibility index (Phi) is 4.71. The molecule has 1 fully saturated rings. The Morgan fingerprint density at radius 2 is 1.46 bits per heavy atom. The standard InChI is InChI=1S/C19H17FN2O4/c1-26-16(23)12-6-2-4-8-14(12)21-17(24)19(10-11-19)18(25)22-15-9-5-3-7-13(15)20/h2-9H,10-11H2,1H3,(H,21,24)(H,22,25). The van der Waals surface area contributed by atoms with Crippen molar-refractivity contribution in [2.24, 2.45) is 5.41 Å². The van der Waals surface area contributed by atoms with Gasteiger partial charge in [-0.05, 0) is 37.1 Å². The number of para-hydroxylation sites is 2. The maximum atomic E-state index is 13.7. The Hall–Kier alpha value is -3.22. The van der Waals surface area contributed by atoms with Gasteiger partial charge in [0.25, 0.3) is 0 Å². The van der Waals surface area contributed by atoms with Crippen LogP contribution in [0.3, 0.4) is 0 Å². The average molecular weight is 356 g/mol. The highest BCUT2D eigenvalue weighted by Crippen LogP contribution is 2.47. The topological polar surface area (TPSA) is 84.5 Å². The number of hydrogen-bond donors (Lipinski definition) is 2. The van der Waals surface area contributed by atoms with Crippen LogP contribution < -0.4 is 10.6 Å². The summed E-state index contributed by atoms with van der Waals surface area (Å²) in [5, 5.41) is 5.08. The van der Waals surface area contributed by atoms with Crippen molar-refractivity contribution in [1.82, 2.24) is 0 Å². The summed E-state index contributed by atoms with van der Waals surface area (Å²) < 4.78 is 18.4. The molecule has 0 aliphatic heterocycles. The molecule has 134 valence electrons. The van der Waals surface area contributed by atoms with Crippen LogP contribution in [0.5, 0.6) is 0 Å². The molecule has 0 atom stereocenters. The summed E-state index contributed by atoms with van der Waals surface area (Å²) in [5.41, 5.74) is -0.805. The molecular weight excluding hydrogens is 339 g/mol. The number of halogens is 1. The van der Waals surface area contributed by atoms with Crippen molar-refractivity contribution in [2.75, 3.05) is 17.7 Å². The van der Waals surface area contributed by atoms with Gasteiger partial charge in [0, 0.05) is 0 Å². The third-order valence-corrected chi connectivity index (χ3v) is 4.32. The number of benzene rings is 2. The quantitative estimate of drug-likeness (QED) is 0.637. The largest absolute Gasteiger partial charge is 0.465 e. The van der Waals surface area contributed by atoms with Crippen LogP contribution >= 0.6 is 0 Å². The van der Waals surface area contributed by atoms with E-state index < -0.39 is 29.0 Å². The summed E-state index contributed by atoms with van der Waals surface area (Å²) in [6.07, 6.45) is 0.693. The second-order valence-corrected chi connectivity index (χ2v) is 6.01. The van der Waals surface area contributed by atoms with Crippen molar-refractivity contribution in [2.45, 2.75) is 12.8 Å². The maximum absolute atomic E-state index is 13.7. The van der Waals surface area contributed by atoms with E-state index in [2.05, 4.69) is 15.4 Å². The molecule has 2 aromatic rings. The fourth-order valence-electron chi connectivity index (χ4n) is 2.61. The molecule has 0 saturated heterocycles. The predicted molar refractivity (Wildman–Crippen MR) is 93.1 cm³/mol. The van der Waals surface area contributed by atoms with Crippen molar-refractivity contribution in [1.29, 1.82) is 0 Å². The van der Waals surface area contributed by atoms with Gasteiger partial charge in [-0.1, -0.05) is 24.3 Å². The Morgan fingerprint density at radius 1 is 0.923 bits per heavy atom. The Morgan fingerprint density at radius 3 is 2.04 bits per heavy atom. The highest BCUT2D eigenvalue weighted by atomic mass is 19.1. The number of amides is 2. The second kappa shape index (κ2) is 6.95. The van der Waals surface area contributed by atoms with Gasteiger partial charge in [-0.2, -0.15) is 0 Å². The van der Waals surface area contributed by atoms with Gasteiger partial charge < -0.3 is 15.4 Å². The van der Waals surface area contributed by atoms with Gasteiger partial charge in [0.2, 0.25) is 11.8 Å². The smallest absolute Gasteiger partial charge is 0.339 e. The highest BCUT2D eigenvalue weighted by Gasteiger charge is 2.56. The summed E-state index contributed by atoms with van der Waals surface area (Å²) in [4.78, 5) is 37.0. The van der Waals surface area contributed by atoms with Crippen LogP contribution in [-0.4, -0.2) is 24.9 Å². The number of ether oxygens (including phenoxy) is 1. The molecule has 3 rings (SSSR count). The van der Waals surface area contributed by atoms with E-state index in [-0.39, 0.29) is 16.9 Å². The lowest BCUT2D eigenvalue weighted by Gasteiger charge is -2.17. The SMILES string of the molecule is COC(=O)c1ccccc1NC(=O)C1(C(=O)Nc2ccccc2F)CC1. The first-order chi connectivity index (χ1) is 12.5. The maximum Gasteiger partial charge on any atom is 0.339 e. The van der Waals surface area contributed by atoms with E-state index in [1.165, 1.54) is 31.4 Å². The van der Waals surface area contributed by atoms with Gasteiger partial charge in [0.1, 0.15) is 11.2 Å². The Labute approximate surface area is 149 Å². The molecule has 0 radical (unpaired) electrons. The fraction of sp³-hybridized carbons (Fsp3) is 0.211. The number of carbonyl (C=O) groups is 3. The summed E-state index contributed by atoms with van der Waals surface area (Å²) in [6.45, 7) is 0. The van der Waals surface area contributed by atoms with Crippen LogP contribution in [0.15, 0.2) is 48.5 Å². The molecule has 1 aliphatic carbocycles. The molecule has 6 nitrogen and oxygen atoms in total. The summed E-state index contributed by atoms with van der Waals surface area (Å²) >= 11 is 0. The minimum atomic E-state index is -1.27. The lowest BCUT2D eigenvalue weighted by Crippen LogP contribution is -2.36. The van der Waals surface area contributed by atoms with Crippen molar-refractivity contribution < 1.29 is 23.5 Å². The number of methoxy groups -OCH3 is 1. The van der Waals surface area contributed by atoms with Crippen LogP contribution in [0.2, 0.25) is 0 Å². The predicted octanol–water partition coefficient (Wildman–Crippen LogP) is 2.97. The molecule has 2 amide bonds. The van der Waals surface area contributed by atoms with Gasteiger partial charge in [-0.15, -0.1) is 0 Å². The Balaban J connectivity index is 1.77. The van der Waals surface area contributed by atoms with Gasteiger partial charge in [0.15, 0.2) is 0 Å². The molecule has 0 unspecified atom stereocenters. The molecular formula is C19H17FN2O4. The molecule has 7 heteroatoms. The molecule has 0 spiro atoms. The van der Waals surface area contributed by atoms with Gasteiger partial charge in [-0.3, -0.25) is 9.59 Å². The van der Waals surface area contributed by atoms with E-state index in [0.29, 0.717) is 12.8 Å². The van der Waals surface area contributed by atoms with Gasteiger partial charge >= 0.3 is 5.97 Å². The first-order valence-corrected chi connectivity index (χ1v) is 8.03. The summed E-state index contributed by atoms with van der Waals surface area (Å²) in [5.74, 6) is -2.28. The fourth-order valence-corrected chi connectivity index (χ4v) is 2.61. The first-order valence-electron chi connectivity index (χ1n) is 8.03. The number of anilines is 2. The molecule has 1 saturated carbocycles. The number of hydrogen-bond acceptors (Lipinski definition) is 4. The molecule has 2 aromatic carbocycles. The molecule has 0 aromatic heterocycles. The number of nitrogens with one attached hydrogen (secondary N) is 2. The van der Waals surface area contributed by atoms with E-state index in [9.17, 15) is 18.8 Å². The number of carbonyl (C=O) groups excluding carboxylic acids is 3. The lowest BCUT2D eigenvalue weighted by molar-refractivity contribution is -0.131. The molecule has 0 bridgehead atoms. The normalized spacial score (nSPS) is 14.2. The third kappa shape index (κ3) is 3.28. The van der Waals surface area contributed by atoms with Crippen LogP contribution in [0.25, 0.3) is 0 Å². The number of esters is 1. The van der Waals surface area contributed by atoms with E-state index >= 15 is 0 Å². The number of rotatable bonds is 5. The van der Waals surface area contributed by atoms with Crippen molar-refractivity contribution in [3.05, 3.63) is 59.9 Å². The Bertz CT molecular complexity index is 877. The van der Waals surface area contributed by atoms with Crippen molar-refractivity contribution in [3.8, 4) is 0 Å². The van der Waals surface area contributed by atoms with E-state index in [1.807, 2.05) is 0 Å². The van der Waals surface area contributed by atoms with Gasteiger partial charge in [0.05, 0.1) is 24.0 Å². The monoisotopic (exact) mass is 356 g/mol. The van der Waals surface area contributed by atoms with Crippen LogP contribution in [0, 0.1) is 11.2 Å². The summed E-state index contributed by atoms with van der Waals surface area (Å²) in [6, 6.07) is 12.1. The average Bonchev–Trinajstić information content (AvgIpc) is 3.45. The van der Waals surface area contributed by atoms with Crippen LogP contribution in [0.4, 0.5) is 15.8 Å². The van der Waals surface area contributed by atoms with E-state index in [0.717, 1.165) is 0 Å². The molecule has 2 N–H and O–H groups in total. The van der Waals surface area contributed by atoms with Crippen molar-refractivity contribution >= 4 is 29.2 Å². The molecule has 26 heavy (non-hydrogen) atoms. The first kappa shape index (κ1) is 17.6. The third-order valence-electron chi connectivity index (χ3n) is 4.32. The zero-order valence-electron chi connectivity index (χ0n) is 14.0. The van der Waals surface area contributed by atoms with Crippen molar-refractivity contribution in [3.63, 3.8) is 0 Å². The minimum absolute atomic E-state index is 0.0199. The molecule has 0 heterocycles. The molecule has 1 aliphatic rings. The second-order valence-electron chi connectivity index (χ2n) is 6.01. The lowest BCUT2D eigenvalue weighted by atomic mass is 10.0. The zero-order valence-corrected chi connectivity index (χ0v) is 14.0. The zero-order chi connectivity index (χ0) is 18.7. The van der Waals surface area contributed by atoms with Gasteiger partial charge in [-0.25, -0.2) is 9.18 Å². The van der Waals surface area contributed by atoms with Crippen LogP contribution in [0.1, 0.15) is 23.2 Å². The summed E-state index contributed by atoms with van der Waals surface area (Å²) in [7, 11) is 1.24. The van der Waals surface area contributed by atoms with E-state index in [4.69, 9.17) is 0 Å². The minimum Gasteiger partial charge on any atom is -0.465 e. The van der Waals surface area contributed by atoms with Crippen LogP contribution in [-0.2, 0) is 14.3 Å². The highest BCUT2D eigenvalue weighted by molar-refractivity contribution is 6.17.